The molecule has 0 unspecified atom stereocenters. The van der Waals surface area contributed by atoms with Crippen LogP contribution in [-0.4, -0.2) is 33.6 Å². The van der Waals surface area contributed by atoms with Crippen molar-refractivity contribution in [1.29, 1.82) is 0 Å². The Morgan fingerprint density at radius 1 is 1.42 bits per heavy atom. The van der Waals surface area contributed by atoms with Crippen molar-refractivity contribution in [2.75, 3.05) is 17.8 Å². The third kappa shape index (κ3) is 4.93. The van der Waals surface area contributed by atoms with Gasteiger partial charge in [0.2, 0.25) is 0 Å². The number of rotatable bonds is 6. The molecule has 0 rings (SSSR count). The van der Waals surface area contributed by atoms with E-state index in [2.05, 4.69) is 6.26 Å². The van der Waals surface area contributed by atoms with Crippen LogP contribution in [-0.2, 0) is 4.79 Å². The first-order valence-electron chi connectivity index (χ1n) is 3.87. The molecule has 2 nitrogen and oxygen atoms in total. The average Bonchev–Trinajstić information content (AvgIpc) is 1.98. The molecule has 0 aliphatic rings. The monoisotopic (exact) mass is 208 g/mol. The van der Waals surface area contributed by atoms with Crippen molar-refractivity contribution in [3.63, 3.8) is 0 Å². The van der Waals surface area contributed by atoms with E-state index in [0.717, 1.165) is 17.9 Å². The molecule has 0 aromatic heterocycles. The number of carboxylic acids is 1. The van der Waals surface area contributed by atoms with E-state index in [1.165, 1.54) is 11.8 Å². The van der Waals surface area contributed by atoms with E-state index < -0.39 is 10.7 Å². The maximum atomic E-state index is 10.7. The van der Waals surface area contributed by atoms with E-state index in [0.29, 0.717) is 0 Å². The van der Waals surface area contributed by atoms with Gasteiger partial charge in [0.15, 0.2) is 0 Å². The lowest BCUT2D eigenvalue weighted by Gasteiger charge is -2.17. The van der Waals surface area contributed by atoms with E-state index in [9.17, 15) is 4.79 Å². The van der Waals surface area contributed by atoms with Crippen LogP contribution < -0.4 is 0 Å². The SMILES string of the molecule is CSCCCSC(C)(C)C(=O)O. The highest BCUT2D eigenvalue weighted by molar-refractivity contribution is 8.01. The first-order chi connectivity index (χ1) is 5.50. The molecule has 0 aliphatic heterocycles. The molecule has 0 spiro atoms. The number of hydrogen-bond acceptors (Lipinski definition) is 3. The molecule has 1 N–H and O–H groups in total. The highest BCUT2D eigenvalue weighted by Gasteiger charge is 2.26. The number of thioether (sulfide) groups is 2. The number of hydrogen-bond donors (Lipinski definition) is 1. The van der Waals surface area contributed by atoms with Gasteiger partial charge >= 0.3 is 5.97 Å². The van der Waals surface area contributed by atoms with Crippen molar-refractivity contribution >= 4 is 29.5 Å². The van der Waals surface area contributed by atoms with Crippen molar-refractivity contribution in [3.05, 3.63) is 0 Å². The smallest absolute Gasteiger partial charge is 0.319 e. The maximum Gasteiger partial charge on any atom is 0.319 e. The lowest BCUT2D eigenvalue weighted by atomic mass is 10.2. The zero-order chi connectivity index (χ0) is 9.61. The number of carboxylic acid groups (broad SMARTS) is 1. The Morgan fingerprint density at radius 2 is 2.00 bits per heavy atom. The van der Waals surface area contributed by atoms with E-state index in [1.54, 1.807) is 25.6 Å². The highest BCUT2D eigenvalue weighted by Crippen LogP contribution is 2.25. The summed E-state index contributed by atoms with van der Waals surface area (Å²) in [7, 11) is 0. The van der Waals surface area contributed by atoms with Crippen LogP contribution in [0.25, 0.3) is 0 Å². The summed E-state index contributed by atoms with van der Waals surface area (Å²) in [6.45, 7) is 3.50. The van der Waals surface area contributed by atoms with Gasteiger partial charge < -0.3 is 5.11 Å². The molecule has 0 radical (unpaired) electrons. The van der Waals surface area contributed by atoms with Crippen LogP contribution >= 0.6 is 23.5 Å². The van der Waals surface area contributed by atoms with Gasteiger partial charge in [-0.1, -0.05) is 0 Å². The van der Waals surface area contributed by atoms with Gasteiger partial charge in [-0.3, -0.25) is 4.79 Å². The average molecular weight is 208 g/mol. The summed E-state index contributed by atoms with van der Waals surface area (Å²) in [5, 5.41) is 8.77. The summed E-state index contributed by atoms with van der Waals surface area (Å²) in [4.78, 5) is 10.7. The summed E-state index contributed by atoms with van der Waals surface area (Å²) in [5.74, 6) is 1.32. The minimum atomic E-state index is -0.725. The van der Waals surface area contributed by atoms with Crippen LogP contribution in [0.15, 0.2) is 0 Å². The van der Waals surface area contributed by atoms with Crippen LogP contribution in [0.5, 0.6) is 0 Å². The minimum absolute atomic E-state index is 0.627. The van der Waals surface area contributed by atoms with Crippen LogP contribution in [0.4, 0.5) is 0 Å². The molecule has 4 heteroatoms. The van der Waals surface area contributed by atoms with Gasteiger partial charge in [-0.15, -0.1) is 11.8 Å². The fraction of sp³-hybridized carbons (Fsp3) is 0.875. The zero-order valence-electron chi connectivity index (χ0n) is 7.79. The molecule has 72 valence electrons. The molecule has 12 heavy (non-hydrogen) atoms. The van der Waals surface area contributed by atoms with Gasteiger partial charge in [0.25, 0.3) is 0 Å². The molecule has 0 saturated heterocycles. The molecule has 0 aromatic carbocycles. The molecular weight excluding hydrogens is 192 g/mol. The Hall–Kier alpha value is 0.170. The summed E-state index contributed by atoms with van der Waals surface area (Å²) in [6, 6.07) is 0. The quantitative estimate of drug-likeness (QED) is 0.680. The van der Waals surface area contributed by atoms with E-state index in [4.69, 9.17) is 5.11 Å². The van der Waals surface area contributed by atoms with Crippen LogP contribution in [0.2, 0.25) is 0 Å². The van der Waals surface area contributed by atoms with Gasteiger partial charge in [-0.25, -0.2) is 0 Å². The van der Waals surface area contributed by atoms with Crippen molar-refractivity contribution in [2.45, 2.75) is 25.0 Å². The second-order valence-corrected chi connectivity index (χ2v) is 5.71. The van der Waals surface area contributed by atoms with Crippen molar-refractivity contribution in [1.82, 2.24) is 0 Å². The summed E-state index contributed by atoms with van der Waals surface area (Å²) in [5.41, 5.74) is 0. The third-order valence-corrected chi connectivity index (χ3v) is 3.56. The van der Waals surface area contributed by atoms with Crippen molar-refractivity contribution < 1.29 is 9.90 Å². The van der Waals surface area contributed by atoms with Gasteiger partial charge in [-0.05, 0) is 38.0 Å². The molecule has 0 aliphatic carbocycles. The third-order valence-electron chi connectivity index (χ3n) is 1.47. The molecule has 0 atom stereocenters. The van der Waals surface area contributed by atoms with Gasteiger partial charge in [0.05, 0.1) is 0 Å². The molecule has 0 saturated carbocycles. The van der Waals surface area contributed by atoms with Crippen LogP contribution in [0.3, 0.4) is 0 Å². The van der Waals surface area contributed by atoms with E-state index in [-0.39, 0.29) is 0 Å². The Morgan fingerprint density at radius 3 is 2.42 bits per heavy atom. The zero-order valence-corrected chi connectivity index (χ0v) is 9.43. The first-order valence-corrected chi connectivity index (χ1v) is 6.25. The lowest BCUT2D eigenvalue weighted by Crippen LogP contribution is -2.27. The fourth-order valence-corrected chi connectivity index (χ4v) is 2.13. The number of carbonyl (C=O) groups is 1. The van der Waals surface area contributed by atoms with E-state index in [1.807, 2.05) is 0 Å². The highest BCUT2D eigenvalue weighted by atomic mass is 32.2. The predicted molar refractivity (Wildman–Crippen MR) is 57.2 cm³/mol. The topological polar surface area (TPSA) is 37.3 Å². The largest absolute Gasteiger partial charge is 0.480 e. The summed E-state index contributed by atoms with van der Waals surface area (Å²) in [6.07, 6.45) is 3.15. The molecule has 0 fully saturated rings. The predicted octanol–water partition coefficient (Wildman–Crippen LogP) is 2.34. The second kappa shape index (κ2) is 5.75. The Labute approximate surface area is 82.5 Å². The molecule has 0 heterocycles. The fourth-order valence-electron chi connectivity index (χ4n) is 0.592. The first kappa shape index (κ1) is 12.2. The summed E-state index contributed by atoms with van der Waals surface area (Å²) >= 11 is 3.31. The Balaban J connectivity index is 3.54. The van der Waals surface area contributed by atoms with Crippen LogP contribution in [0, 0.1) is 0 Å². The number of aliphatic carboxylic acids is 1. The lowest BCUT2D eigenvalue weighted by molar-refractivity contribution is -0.138. The molecule has 0 aromatic rings. The Kier molecular flexibility index (Phi) is 5.84. The minimum Gasteiger partial charge on any atom is -0.480 e. The standard InChI is InChI=1S/C8H16O2S2/c1-8(2,7(9)10)12-6-4-5-11-3/h4-6H2,1-3H3,(H,9,10). The van der Waals surface area contributed by atoms with Crippen LogP contribution in [0.1, 0.15) is 20.3 Å². The Bertz CT molecular complexity index is 146. The second-order valence-electron chi connectivity index (χ2n) is 3.01. The van der Waals surface area contributed by atoms with Crippen molar-refractivity contribution in [2.24, 2.45) is 0 Å². The normalized spacial score (nSPS) is 11.6. The van der Waals surface area contributed by atoms with Gasteiger partial charge in [0.1, 0.15) is 4.75 Å². The molecular formula is C8H16O2S2. The van der Waals surface area contributed by atoms with E-state index >= 15 is 0 Å². The maximum absolute atomic E-state index is 10.7. The molecule has 0 bridgehead atoms. The summed E-state index contributed by atoms with van der Waals surface area (Å²) < 4.78 is -0.627. The van der Waals surface area contributed by atoms with Gasteiger partial charge in [-0.2, -0.15) is 11.8 Å². The molecule has 0 amide bonds. The van der Waals surface area contributed by atoms with Crippen molar-refractivity contribution in [3.8, 4) is 0 Å². The van der Waals surface area contributed by atoms with Gasteiger partial charge in [0, 0.05) is 0 Å².